The van der Waals surface area contributed by atoms with Crippen LogP contribution >= 0.6 is 23.1 Å². The van der Waals surface area contributed by atoms with Crippen LogP contribution in [0.1, 0.15) is 34.9 Å². The Bertz CT molecular complexity index is 1500. The molecule has 1 aliphatic rings. The van der Waals surface area contributed by atoms with E-state index in [2.05, 4.69) is 70.9 Å². The molecule has 0 unspecified atom stereocenters. The Hall–Kier alpha value is -3.03. The molecular formula is C27H25N5S2. The molecule has 5 aromatic rings. The van der Waals surface area contributed by atoms with Crippen LogP contribution in [-0.2, 0) is 12.8 Å². The van der Waals surface area contributed by atoms with E-state index in [0.29, 0.717) is 0 Å². The lowest BCUT2D eigenvalue weighted by Gasteiger charge is -2.18. The highest BCUT2D eigenvalue weighted by molar-refractivity contribution is 7.99. The molecule has 0 N–H and O–H groups in total. The quantitative estimate of drug-likeness (QED) is 0.262. The minimum Gasteiger partial charge on any atom is -0.270 e. The SMILES string of the molecule is Cc1ccc(-n2c(Sc3ncnc4sc5c(c34)CC[C@@H](C)C5)nnc2-c2ccccc2)cc1C. The summed E-state index contributed by atoms with van der Waals surface area (Å²) in [5, 5.41) is 12.3. The first-order valence-corrected chi connectivity index (χ1v) is 13.2. The maximum Gasteiger partial charge on any atom is 0.202 e. The first-order chi connectivity index (χ1) is 16.6. The van der Waals surface area contributed by atoms with Crippen molar-refractivity contribution in [1.82, 2.24) is 24.7 Å². The minimum absolute atomic E-state index is 0.728. The second-order valence-corrected chi connectivity index (χ2v) is 11.1. The average molecular weight is 484 g/mol. The molecule has 0 spiro atoms. The van der Waals surface area contributed by atoms with Gasteiger partial charge in [-0.15, -0.1) is 21.5 Å². The van der Waals surface area contributed by atoms with Gasteiger partial charge in [0.25, 0.3) is 0 Å². The minimum atomic E-state index is 0.728. The van der Waals surface area contributed by atoms with Gasteiger partial charge in [-0.2, -0.15) is 0 Å². The number of fused-ring (bicyclic) bond motifs is 3. The Labute approximate surface area is 207 Å². The fourth-order valence-electron chi connectivity index (χ4n) is 4.62. The summed E-state index contributed by atoms with van der Waals surface area (Å²) in [6.07, 6.45) is 5.13. The van der Waals surface area contributed by atoms with Crippen molar-refractivity contribution < 1.29 is 0 Å². The standard InChI is InChI=1S/C27H25N5S2/c1-16-9-12-21-22(13-16)33-25-23(21)26(29-15-28-25)34-27-31-30-24(19-7-5-4-6-8-19)32(27)20-11-10-17(2)18(3)14-20/h4-8,10-11,14-16H,9,12-13H2,1-3H3/t16-/m1/s1. The first kappa shape index (κ1) is 21.5. The van der Waals surface area contributed by atoms with Crippen molar-refractivity contribution in [3.63, 3.8) is 0 Å². The lowest BCUT2D eigenvalue weighted by Crippen LogP contribution is -2.08. The second kappa shape index (κ2) is 8.64. The smallest absolute Gasteiger partial charge is 0.202 e. The number of aromatic nitrogens is 5. The molecule has 0 saturated heterocycles. The number of nitrogens with zero attached hydrogens (tertiary/aromatic N) is 5. The average Bonchev–Trinajstić information content (AvgIpc) is 3.43. The summed E-state index contributed by atoms with van der Waals surface area (Å²) in [6.45, 7) is 6.62. The number of aryl methyl sites for hydroxylation is 3. The maximum atomic E-state index is 4.73. The Morgan fingerprint density at radius 1 is 1.00 bits per heavy atom. The number of hydrogen-bond donors (Lipinski definition) is 0. The summed E-state index contributed by atoms with van der Waals surface area (Å²) >= 11 is 3.41. The Balaban J connectivity index is 1.51. The zero-order valence-electron chi connectivity index (χ0n) is 19.4. The summed E-state index contributed by atoms with van der Waals surface area (Å²) in [4.78, 5) is 11.9. The molecule has 3 aromatic heterocycles. The zero-order valence-corrected chi connectivity index (χ0v) is 21.1. The van der Waals surface area contributed by atoms with Crippen LogP contribution in [0.3, 0.4) is 0 Å². The third-order valence-corrected chi connectivity index (χ3v) is 8.77. The summed E-state index contributed by atoms with van der Waals surface area (Å²) in [5.41, 5.74) is 6.04. The van der Waals surface area contributed by atoms with Crippen molar-refractivity contribution in [2.24, 2.45) is 5.92 Å². The van der Waals surface area contributed by atoms with E-state index in [-0.39, 0.29) is 0 Å². The molecule has 0 amide bonds. The summed E-state index contributed by atoms with van der Waals surface area (Å²) < 4.78 is 2.15. The molecule has 6 rings (SSSR count). The molecule has 170 valence electrons. The van der Waals surface area contributed by atoms with Gasteiger partial charge in [-0.25, -0.2) is 9.97 Å². The molecule has 0 aliphatic heterocycles. The van der Waals surface area contributed by atoms with Gasteiger partial charge in [0.05, 0.1) is 5.69 Å². The Morgan fingerprint density at radius 3 is 2.68 bits per heavy atom. The van der Waals surface area contributed by atoms with E-state index in [1.54, 1.807) is 18.1 Å². The van der Waals surface area contributed by atoms with Crippen LogP contribution < -0.4 is 0 Å². The fourth-order valence-corrected chi connectivity index (χ4v) is 6.99. The lowest BCUT2D eigenvalue weighted by atomic mass is 9.89. The molecule has 3 heterocycles. The third kappa shape index (κ3) is 3.73. The monoisotopic (exact) mass is 483 g/mol. The van der Waals surface area contributed by atoms with Crippen LogP contribution in [0.5, 0.6) is 0 Å². The fraction of sp³-hybridized carbons (Fsp3) is 0.259. The van der Waals surface area contributed by atoms with Crippen LogP contribution in [0.15, 0.2) is 65.0 Å². The Morgan fingerprint density at radius 2 is 1.85 bits per heavy atom. The number of rotatable bonds is 4. The predicted octanol–water partition coefficient (Wildman–Crippen LogP) is 6.83. The van der Waals surface area contributed by atoms with Gasteiger partial charge >= 0.3 is 0 Å². The van der Waals surface area contributed by atoms with Crippen molar-refractivity contribution >= 4 is 33.3 Å². The molecule has 0 bridgehead atoms. The topological polar surface area (TPSA) is 56.5 Å². The molecular weight excluding hydrogens is 458 g/mol. The van der Waals surface area contributed by atoms with Crippen LogP contribution in [0.2, 0.25) is 0 Å². The highest BCUT2D eigenvalue weighted by atomic mass is 32.2. The molecule has 5 nitrogen and oxygen atoms in total. The van der Waals surface area contributed by atoms with Gasteiger partial charge in [-0.3, -0.25) is 4.57 Å². The molecule has 1 aliphatic carbocycles. The van der Waals surface area contributed by atoms with Gasteiger partial charge in [0.2, 0.25) is 5.16 Å². The van der Waals surface area contributed by atoms with Crippen molar-refractivity contribution in [2.45, 2.75) is 50.2 Å². The predicted molar refractivity (Wildman–Crippen MR) is 139 cm³/mol. The maximum absolute atomic E-state index is 4.73. The van der Waals surface area contributed by atoms with E-state index >= 15 is 0 Å². The molecule has 7 heteroatoms. The second-order valence-electron chi connectivity index (χ2n) is 9.09. The van der Waals surface area contributed by atoms with Gasteiger partial charge in [0.1, 0.15) is 16.2 Å². The number of hydrogen-bond acceptors (Lipinski definition) is 6. The molecule has 0 radical (unpaired) electrons. The van der Waals surface area contributed by atoms with Crippen molar-refractivity contribution in [1.29, 1.82) is 0 Å². The van der Waals surface area contributed by atoms with Crippen molar-refractivity contribution in [3.8, 4) is 17.1 Å². The summed E-state index contributed by atoms with van der Waals surface area (Å²) in [6, 6.07) is 16.8. The van der Waals surface area contributed by atoms with Gasteiger partial charge in [0.15, 0.2) is 5.82 Å². The largest absolute Gasteiger partial charge is 0.270 e. The van der Waals surface area contributed by atoms with Gasteiger partial charge in [-0.05, 0) is 79.6 Å². The third-order valence-electron chi connectivity index (χ3n) is 6.66. The van der Waals surface area contributed by atoms with E-state index in [9.17, 15) is 0 Å². The lowest BCUT2D eigenvalue weighted by molar-refractivity contribution is 0.509. The van der Waals surface area contributed by atoms with Crippen LogP contribution in [-0.4, -0.2) is 24.7 Å². The molecule has 0 saturated carbocycles. The highest BCUT2D eigenvalue weighted by Crippen LogP contribution is 2.42. The highest BCUT2D eigenvalue weighted by Gasteiger charge is 2.25. The van der Waals surface area contributed by atoms with Gasteiger partial charge in [0, 0.05) is 15.8 Å². The van der Waals surface area contributed by atoms with Gasteiger partial charge < -0.3 is 0 Å². The first-order valence-electron chi connectivity index (χ1n) is 11.6. The number of benzene rings is 2. The normalized spacial score (nSPS) is 15.6. The molecule has 34 heavy (non-hydrogen) atoms. The molecule has 0 fully saturated rings. The zero-order chi connectivity index (χ0) is 23.2. The molecule has 2 aromatic carbocycles. The van der Waals surface area contributed by atoms with E-state index in [1.807, 2.05) is 29.5 Å². The van der Waals surface area contributed by atoms with E-state index in [0.717, 1.165) is 50.8 Å². The Kier molecular flexibility index (Phi) is 5.46. The summed E-state index contributed by atoms with van der Waals surface area (Å²) in [7, 11) is 0. The number of thiophene rings is 1. The van der Waals surface area contributed by atoms with E-state index in [4.69, 9.17) is 4.98 Å². The van der Waals surface area contributed by atoms with Crippen molar-refractivity contribution in [3.05, 3.63) is 76.4 Å². The van der Waals surface area contributed by atoms with E-state index < -0.39 is 0 Å². The van der Waals surface area contributed by atoms with Crippen LogP contribution in [0.4, 0.5) is 0 Å². The van der Waals surface area contributed by atoms with Crippen LogP contribution in [0, 0.1) is 19.8 Å². The van der Waals surface area contributed by atoms with Gasteiger partial charge in [-0.1, -0.05) is 43.3 Å². The van der Waals surface area contributed by atoms with E-state index in [1.165, 1.54) is 33.4 Å². The van der Waals surface area contributed by atoms with Crippen molar-refractivity contribution in [2.75, 3.05) is 0 Å². The van der Waals surface area contributed by atoms with Crippen LogP contribution in [0.25, 0.3) is 27.3 Å². The molecule has 1 atom stereocenters. The summed E-state index contributed by atoms with van der Waals surface area (Å²) in [5.74, 6) is 1.56.